The molecule has 2 heterocycles. The molecule has 0 amide bonds. The Bertz CT molecular complexity index is 1120. The molecule has 0 saturated heterocycles. The number of thioether (sulfide) groups is 1. The molecule has 6 nitrogen and oxygen atoms in total. The second-order valence-corrected chi connectivity index (χ2v) is 11.6. The predicted octanol–water partition coefficient (Wildman–Crippen LogP) is 4.43. The summed E-state index contributed by atoms with van der Waals surface area (Å²) in [6.45, 7) is 8.15. The summed E-state index contributed by atoms with van der Waals surface area (Å²) in [5.41, 5.74) is 1.54. The lowest BCUT2D eigenvalue weighted by molar-refractivity contribution is 0.600. The molecule has 0 saturated carbocycles. The maximum Gasteiger partial charge on any atom is 0.354 e. The molecule has 0 aliphatic carbocycles. The van der Waals surface area contributed by atoms with Gasteiger partial charge in [-0.2, -0.15) is 4.98 Å². The van der Waals surface area contributed by atoms with Crippen LogP contribution in [0.1, 0.15) is 36.4 Å². The quantitative estimate of drug-likeness (QED) is 0.513. The minimum Gasteiger partial charge on any atom is -0.265 e. The van der Waals surface area contributed by atoms with Gasteiger partial charge in [0.1, 0.15) is 5.69 Å². The van der Waals surface area contributed by atoms with Crippen molar-refractivity contribution in [2.75, 3.05) is 10.5 Å². The number of hydrogen-bond acceptors (Lipinski definition) is 6. The molecule has 9 heteroatoms. The van der Waals surface area contributed by atoms with Gasteiger partial charge in [-0.3, -0.25) is 9.29 Å². The first-order chi connectivity index (χ1) is 13.7. The van der Waals surface area contributed by atoms with E-state index in [1.54, 1.807) is 47.4 Å². The van der Waals surface area contributed by atoms with Gasteiger partial charge in [-0.15, -0.1) is 23.1 Å². The Morgan fingerprint density at radius 3 is 2.55 bits per heavy atom. The molecule has 2 aliphatic rings. The van der Waals surface area contributed by atoms with Crippen molar-refractivity contribution in [1.29, 1.82) is 0 Å². The van der Waals surface area contributed by atoms with Crippen LogP contribution in [0.4, 0.5) is 5.82 Å². The minimum absolute atomic E-state index is 0.109. The highest BCUT2D eigenvalue weighted by Gasteiger charge is 2.26. The summed E-state index contributed by atoms with van der Waals surface area (Å²) in [7, 11) is -3.71. The van der Waals surface area contributed by atoms with Crippen LogP contribution in [0.25, 0.3) is 5.69 Å². The number of aryl methyl sites for hydroxylation is 1. The van der Waals surface area contributed by atoms with Crippen molar-refractivity contribution >= 4 is 38.9 Å². The van der Waals surface area contributed by atoms with E-state index in [2.05, 4.69) is 23.6 Å². The molecular formula is C20H25N3O3S3. The number of nitrogens with one attached hydrogen (secondary N) is 1. The fourth-order valence-electron chi connectivity index (χ4n) is 2.85. The number of fused-ring (bicyclic) bond motifs is 1. The fourth-order valence-corrected chi connectivity index (χ4v) is 6.75. The zero-order chi connectivity index (χ0) is 21.2. The number of aromatic nitrogens is 2. The van der Waals surface area contributed by atoms with E-state index in [9.17, 15) is 13.2 Å². The molecule has 0 spiro atoms. The highest BCUT2D eigenvalue weighted by atomic mass is 32.2. The summed E-state index contributed by atoms with van der Waals surface area (Å²) in [6, 6.07) is 8.94. The smallest absolute Gasteiger partial charge is 0.265 e. The summed E-state index contributed by atoms with van der Waals surface area (Å²) in [4.78, 5) is 17.6. The summed E-state index contributed by atoms with van der Waals surface area (Å²) < 4.78 is 30.4. The van der Waals surface area contributed by atoms with Crippen LogP contribution in [0, 0.1) is 19.8 Å². The molecule has 0 atom stereocenters. The Labute approximate surface area is 179 Å². The van der Waals surface area contributed by atoms with Crippen LogP contribution in [-0.4, -0.2) is 23.7 Å². The Balaban J connectivity index is 1.98. The van der Waals surface area contributed by atoms with E-state index in [4.69, 9.17) is 0 Å². The molecule has 0 bridgehead atoms. The number of anilines is 1. The van der Waals surface area contributed by atoms with Crippen LogP contribution in [0.3, 0.4) is 0 Å². The molecule has 0 fully saturated rings. The SMILES string of the molecule is Cc1sc(SCCC(C)C)c2c(NS(=O)(=O)Cc3ccccc3)nc(=O)n-2c1C. The monoisotopic (exact) mass is 451 g/mol. The van der Waals surface area contributed by atoms with Gasteiger partial charge < -0.3 is 0 Å². The van der Waals surface area contributed by atoms with Crippen molar-refractivity contribution in [3.63, 3.8) is 0 Å². The van der Waals surface area contributed by atoms with Gasteiger partial charge in [-0.25, -0.2) is 13.2 Å². The molecule has 1 aromatic carbocycles. The van der Waals surface area contributed by atoms with Gasteiger partial charge in [-0.1, -0.05) is 44.2 Å². The van der Waals surface area contributed by atoms with Gasteiger partial charge in [0.15, 0.2) is 5.82 Å². The normalized spacial score (nSPS) is 12.0. The molecule has 2 aliphatic heterocycles. The number of nitrogens with zero attached hydrogens (tertiary/aromatic N) is 2. The van der Waals surface area contributed by atoms with E-state index in [-0.39, 0.29) is 11.6 Å². The molecule has 0 unspecified atom stereocenters. The van der Waals surface area contributed by atoms with Crippen LogP contribution in [-0.2, 0) is 15.8 Å². The number of benzene rings is 1. The lowest BCUT2D eigenvalue weighted by Crippen LogP contribution is -2.17. The van der Waals surface area contributed by atoms with Crippen molar-refractivity contribution in [2.45, 2.75) is 44.1 Å². The number of rotatable bonds is 8. The van der Waals surface area contributed by atoms with E-state index in [1.165, 1.54) is 4.57 Å². The van der Waals surface area contributed by atoms with Crippen molar-refractivity contribution in [1.82, 2.24) is 9.55 Å². The lowest BCUT2D eigenvalue weighted by Gasteiger charge is -2.16. The average molecular weight is 452 g/mol. The number of imidazole rings is 1. The first kappa shape index (κ1) is 21.9. The Morgan fingerprint density at radius 2 is 1.90 bits per heavy atom. The van der Waals surface area contributed by atoms with E-state index in [0.717, 1.165) is 27.0 Å². The number of sulfonamides is 1. The molecule has 0 aromatic heterocycles. The molecule has 3 rings (SSSR count). The average Bonchev–Trinajstić information content (AvgIpc) is 2.95. The predicted molar refractivity (Wildman–Crippen MR) is 121 cm³/mol. The molecular weight excluding hydrogens is 426 g/mol. The minimum atomic E-state index is -3.71. The molecule has 1 aromatic rings. The topological polar surface area (TPSA) is 81.1 Å². The molecule has 156 valence electrons. The first-order valence-corrected chi connectivity index (χ1v) is 12.8. The summed E-state index contributed by atoms with van der Waals surface area (Å²) >= 11 is 3.21. The second-order valence-electron chi connectivity index (χ2n) is 7.34. The third-order valence-corrected chi connectivity index (χ3v) is 8.21. The van der Waals surface area contributed by atoms with Gasteiger partial charge in [0.05, 0.1) is 9.96 Å². The third-order valence-electron chi connectivity index (χ3n) is 4.51. The first-order valence-electron chi connectivity index (χ1n) is 9.38. The van der Waals surface area contributed by atoms with E-state index < -0.39 is 15.7 Å². The van der Waals surface area contributed by atoms with Gasteiger partial charge in [-0.05, 0) is 37.5 Å². The molecule has 0 radical (unpaired) electrons. The Hall–Kier alpha value is -1.84. The van der Waals surface area contributed by atoms with E-state index in [0.29, 0.717) is 17.2 Å². The maximum atomic E-state index is 12.7. The van der Waals surface area contributed by atoms with Crippen LogP contribution >= 0.6 is 23.1 Å². The van der Waals surface area contributed by atoms with Gasteiger partial charge in [0.25, 0.3) is 0 Å². The second kappa shape index (κ2) is 8.89. The third kappa shape index (κ3) is 5.21. The van der Waals surface area contributed by atoms with Crippen molar-refractivity contribution in [3.05, 3.63) is 57.0 Å². The van der Waals surface area contributed by atoms with Crippen LogP contribution in [0.15, 0.2) is 39.3 Å². The van der Waals surface area contributed by atoms with Crippen molar-refractivity contribution < 1.29 is 8.42 Å². The van der Waals surface area contributed by atoms with Gasteiger partial charge >= 0.3 is 5.69 Å². The standard InChI is InChI=1S/C20H25N3O3S3/c1-13(2)10-11-27-19-17-18(21-20(24)23(17)14(3)15(4)28-19)22-29(25,26)12-16-8-6-5-7-9-16/h5-9,13H,10-12H2,1-4H3,(H,21,22,24). The summed E-state index contributed by atoms with van der Waals surface area (Å²) in [6.07, 6.45) is 1.03. The zero-order valence-electron chi connectivity index (χ0n) is 16.9. The van der Waals surface area contributed by atoms with Crippen molar-refractivity contribution in [3.8, 4) is 5.69 Å². The summed E-state index contributed by atoms with van der Waals surface area (Å²) in [5, 5.41) is 0. The molecule has 1 N–H and O–H groups in total. The van der Waals surface area contributed by atoms with Gasteiger partial charge in [0.2, 0.25) is 10.0 Å². The lowest BCUT2D eigenvalue weighted by atomic mass is 10.2. The highest BCUT2D eigenvalue weighted by molar-refractivity contribution is 8.01. The van der Waals surface area contributed by atoms with Crippen LogP contribution in [0.2, 0.25) is 0 Å². The largest absolute Gasteiger partial charge is 0.354 e. The van der Waals surface area contributed by atoms with E-state index >= 15 is 0 Å². The molecule has 29 heavy (non-hydrogen) atoms. The highest BCUT2D eigenvalue weighted by Crippen LogP contribution is 2.38. The van der Waals surface area contributed by atoms with Crippen molar-refractivity contribution in [2.24, 2.45) is 5.92 Å². The van der Waals surface area contributed by atoms with E-state index in [1.807, 2.05) is 19.9 Å². The fraction of sp³-hybridized carbons (Fsp3) is 0.400. The van der Waals surface area contributed by atoms with Gasteiger partial charge in [0, 0.05) is 10.6 Å². The summed E-state index contributed by atoms with van der Waals surface area (Å²) in [5.74, 6) is 1.39. The zero-order valence-corrected chi connectivity index (χ0v) is 19.4. The maximum absolute atomic E-state index is 12.7. The van der Waals surface area contributed by atoms with Crippen LogP contribution < -0.4 is 10.4 Å². The Kier molecular flexibility index (Phi) is 6.70. The van der Waals surface area contributed by atoms with Crippen LogP contribution in [0.5, 0.6) is 0 Å². The number of hydrogen-bond donors (Lipinski definition) is 1. The Morgan fingerprint density at radius 1 is 1.21 bits per heavy atom.